The molecule has 1 rings (SSSR count). The highest BCUT2D eigenvalue weighted by molar-refractivity contribution is 6.00. The van der Waals surface area contributed by atoms with Crippen LogP contribution in [-0.2, 0) is 9.59 Å². The number of aliphatic carboxylic acids is 1. The van der Waals surface area contributed by atoms with Gasteiger partial charge in [0.1, 0.15) is 17.8 Å². The number of carbonyl (C=O) groups is 2. The summed E-state index contributed by atoms with van der Waals surface area (Å²) in [6.07, 6.45) is 0. The number of carboxylic acids is 1. The Morgan fingerprint density at radius 1 is 1.28 bits per heavy atom. The van der Waals surface area contributed by atoms with Gasteiger partial charge in [0.05, 0.1) is 6.54 Å². The average Bonchev–Trinajstić information content (AvgIpc) is 2.35. The number of hydrogen-bond acceptors (Lipinski definition) is 3. The third-order valence-corrected chi connectivity index (χ3v) is 2.50. The summed E-state index contributed by atoms with van der Waals surface area (Å²) in [5.74, 6) is -0.958. The molecule has 2 N–H and O–H groups in total. The van der Waals surface area contributed by atoms with Crippen molar-refractivity contribution in [3.8, 4) is 5.75 Å². The standard InChI is InChI=1S/C13H17NO4/c1-13(2,12(16)17)11(15)14-8-9-18-10-6-4-3-5-7-10/h3-7H,8-9H2,1-2H3,(H,14,15)(H,16,17). The molecular weight excluding hydrogens is 234 g/mol. The fourth-order valence-corrected chi connectivity index (χ4v) is 1.17. The normalized spacial score (nSPS) is 10.8. The maximum absolute atomic E-state index is 11.6. The van der Waals surface area contributed by atoms with Gasteiger partial charge in [0.2, 0.25) is 5.91 Å². The first-order valence-electron chi connectivity index (χ1n) is 5.64. The molecule has 0 aliphatic carbocycles. The van der Waals surface area contributed by atoms with Gasteiger partial charge in [-0.05, 0) is 26.0 Å². The molecule has 0 atom stereocenters. The second kappa shape index (κ2) is 6.05. The molecule has 0 saturated heterocycles. The van der Waals surface area contributed by atoms with Crippen molar-refractivity contribution in [3.05, 3.63) is 30.3 Å². The molecule has 98 valence electrons. The van der Waals surface area contributed by atoms with Crippen LogP contribution in [0.5, 0.6) is 5.75 Å². The number of para-hydroxylation sites is 1. The molecule has 5 nitrogen and oxygen atoms in total. The lowest BCUT2D eigenvalue weighted by Crippen LogP contribution is -2.43. The van der Waals surface area contributed by atoms with E-state index in [1.54, 1.807) is 0 Å². The molecule has 0 radical (unpaired) electrons. The van der Waals surface area contributed by atoms with E-state index in [1.807, 2.05) is 30.3 Å². The Kier molecular flexibility index (Phi) is 4.71. The molecule has 0 saturated carbocycles. The van der Waals surface area contributed by atoms with E-state index < -0.39 is 17.3 Å². The van der Waals surface area contributed by atoms with Gasteiger partial charge in [-0.2, -0.15) is 0 Å². The van der Waals surface area contributed by atoms with Crippen LogP contribution in [0, 0.1) is 5.41 Å². The number of nitrogens with one attached hydrogen (secondary N) is 1. The Morgan fingerprint density at radius 2 is 1.89 bits per heavy atom. The number of ether oxygens (including phenoxy) is 1. The SMILES string of the molecule is CC(C)(C(=O)O)C(=O)NCCOc1ccccc1. The van der Waals surface area contributed by atoms with E-state index in [0.29, 0.717) is 12.4 Å². The first-order valence-corrected chi connectivity index (χ1v) is 5.64. The van der Waals surface area contributed by atoms with Gasteiger partial charge < -0.3 is 15.2 Å². The van der Waals surface area contributed by atoms with Crippen molar-refractivity contribution in [1.82, 2.24) is 5.32 Å². The predicted octanol–water partition coefficient (Wildman–Crippen LogP) is 1.29. The lowest BCUT2D eigenvalue weighted by Gasteiger charge is -2.18. The molecule has 0 aliphatic rings. The van der Waals surface area contributed by atoms with Crippen LogP contribution in [0.25, 0.3) is 0 Å². The van der Waals surface area contributed by atoms with Crippen LogP contribution < -0.4 is 10.1 Å². The van der Waals surface area contributed by atoms with E-state index in [9.17, 15) is 9.59 Å². The smallest absolute Gasteiger partial charge is 0.318 e. The summed E-state index contributed by atoms with van der Waals surface area (Å²) in [6, 6.07) is 9.19. The van der Waals surface area contributed by atoms with Crippen LogP contribution in [0.2, 0.25) is 0 Å². The Labute approximate surface area is 106 Å². The lowest BCUT2D eigenvalue weighted by atomic mass is 9.93. The minimum atomic E-state index is -1.42. The van der Waals surface area contributed by atoms with E-state index >= 15 is 0 Å². The van der Waals surface area contributed by atoms with Crippen molar-refractivity contribution in [2.45, 2.75) is 13.8 Å². The molecule has 0 spiro atoms. The van der Waals surface area contributed by atoms with Crippen molar-refractivity contribution in [1.29, 1.82) is 0 Å². The predicted molar refractivity (Wildman–Crippen MR) is 66.4 cm³/mol. The molecule has 1 aromatic carbocycles. The molecule has 0 unspecified atom stereocenters. The number of carboxylic acid groups (broad SMARTS) is 1. The number of rotatable bonds is 6. The third-order valence-electron chi connectivity index (χ3n) is 2.50. The number of benzene rings is 1. The van der Waals surface area contributed by atoms with Gasteiger partial charge in [-0.3, -0.25) is 9.59 Å². The molecule has 0 aromatic heterocycles. The highest BCUT2D eigenvalue weighted by Crippen LogP contribution is 2.14. The summed E-state index contributed by atoms with van der Waals surface area (Å²) in [5.41, 5.74) is -1.42. The second-order valence-electron chi connectivity index (χ2n) is 4.35. The van der Waals surface area contributed by atoms with Gasteiger partial charge in [0, 0.05) is 0 Å². The summed E-state index contributed by atoms with van der Waals surface area (Å²) in [7, 11) is 0. The second-order valence-corrected chi connectivity index (χ2v) is 4.35. The third kappa shape index (κ3) is 3.76. The quantitative estimate of drug-likeness (QED) is 0.590. The van der Waals surface area contributed by atoms with E-state index in [0.717, 1.165) is 0 Å². The number of carbonyl (C=O) groups excluding carboxylic acids is 1. The molecular formula is C13H17NO4. The molecule has 1 amide bonds. The van der Waals surface area contributed by atoms with Crippen molar-refractivity contribution in [2.75, 3.05) is 13.2 Å². The summed E-state index contributed by atoms with van der Waals surface area (Å²) >= 11 is 0. The average molecular weight is 251 g/mol. The maximum Gasteiger partial charge on any atom is 0.318 e. The molecule has 0 aliphatic heterocycles. The van der Waals surface area contributed by atoms with E-state index in [2.05, 4.69) is 5.32 Å². The Balaban J connectivity index is 2.31. The van der Waals surface area contributed by atoms with E-state index in [4.69, 9.17) is 9.84 Å². The van der Waals surface area contributed by atoms with Crippen molar-refractivity contribution in [3.63, 3.8) is 0 Å². The van der Waals surface area contributed by atoms with Gasteiger partial charge in [-0.1, -0.05) is 18.2 Å². The summed E-state index contributed by atoms with van der Waals surface area (Å²) in [4.78, 5) is 22.4. The maximum atomic E-state index is 11.6. The summed E-state index contributed by atoms with van der Waals surface area (Å²) in [5, 5.41) is 11.4. The number of hydrogen-bond donors (Lipinski definition) is 2. The molecule has 1 aromatic rings. The first kappa shape index (κ1) is 14.0. The molecule has 0 heterocycles. The Morgan fingerprint density at radius 3 is 2.44 bits per heavy atom. The highest BCUT2D eigenvalue weighted by Gasteiger charge is 2.35. The zero-order chi connectivity index (χ0) is 13.6. The molecule has 0 fully saturated rings. The monoisotopic (exact) mass is 251 g/mol. The van der Waals surface area contributed by atoms with Crippen LogP contribution in [-0.4, -0.2) is 30.1 Å². The van der Waals surface area contributed by atoms with Gasteiger partial charge in [0.25, 0.3) is 0 Å². The molecule has 0 bridgehead atoms. The van der Waals surface area contributed by atoms with Crippen LogP contribution in [0.4, 0.5) is 0 Å². The zero-order valence-corrected chi connectivity index (χ0v) is 10.5. The summed E-state index contributed by atoms with van der Waals surface area (Å²) in [6.45, 7) is 3.29. The van der Waals surface area contributed by atoms with Crippen LogP contribution in [0.15, 0.2) is 30.3 Å². The fourth-order valence-electron chi connectivity index (χ4n) is 1.17. The molecule has 18 heavy (non-hydrogen) atoms. The number of amides is 1. The van der Waals surface area contributed by atoms with E-state index in [1.165, 1.54) is 13.8 Å². The highest BCUT2D eigenvalue weighted by atomic mass is 16.5. The minimum Gasteiger partial charge on any atom is -0.492 e. The Bertz CT molecular complexity index is 414. The van der Waals surface area contributed by atoms with Crippen LogP contribution in [0.1, 0.15) is 13.8 Å². The van der Waals surface area contributed by atoms with Crippen molar-refractivity contribution < 1.29 is 19.4 Å². The Hall–Kier alpha value is -2.04. The lowest BCUT2D eigenvalue weighted by molar-refractivity contribution is -0.153. The minimum absolute atomic E-state index is 0.268. The van der Waals surface area contributed by atoms with Crippen molar-refractivity contribution >= 4 is 11.9 Å². The van der Waals surface area contributed by atoms with Crippen molar-refractivity contribution in [2.24, 2.45) is 5.41 Å². The van der Waals surface area contributed by atoms with Gasteiger partial charge >= 0.3 is 5.97 Å². The van der Waals surface area contributed by atoms with Gasteiger partial charge in [-0.25, -0.2) is 0 Å². The molecule has 5 heteroatoms. The first-order chi connectivity index (χ1) is 8.44. The summed E-state index contributed by atoms with van der Waals surface area (Å²) < 4.78 is 5.37. The largest absolute Gasteiger partial charge is 0.492 e. The zero-order valence-electron chi connectivity index (χ0n) is 10.5. The van der Waals surface area contributed by atoms with E-state index in [-0.39, 0.29) is 6.54 Å². The fraction of sp³-hybridized carbons (Fsp3) is 0.385. The topological polar surface area (TPSA) is 75.6 Å². The van der Waals surface area contributed by atoms with Gasteiger partial charge in [0.15, 0.2) is 0 Å². The van der Waals surface area contributed by atoms with Crippen LogP contribution >= 0.6 is 0 Å². The van der Waals surface area contributed by atoms with Gasteiger partial charge in [-0.15, -0.1) is 0 Å². The van der Waals surface area contributed by atoms with Crippen LogP contribution in [0.3, 0.4) is 0 Å².